The second kappa shape index (κ2) is 9.41. The molecule has 0 bridgehead atoms. The predicted molar refractivity (Wildman–Crippen MR) is 114 cm³/mol. The lowest BCUT2D eigenvalue weighted by molar-refractivity contribution is 0.0519. The number of hydrogen-bond acceptors (Lipinski definition) is 7. The van der Waals surface area contributed by atoms with E-state index in [0.717, 1.165) is 11.3 Å². The number of nitrogens with one attached hydrogen (secondary N) is 2. The van der Waals surface area contributed by atoms with E-state index in [9.17, 15) is 23.9 Å². The second-order valence-electron chi connectivity index (χ2n) is 6.78. The first-order valence-electron chi connectivity index (χ1n) is 9.28. The molecule has 1 saturated heterocycles. The summed E-state index contributed by atoms with van der Waals surface area (Å²) in [6, 6.07) is -0.786. The number of hydrogen-bond donors (Lipinski definition) is 3. The van der Waals surface area contributed by atoms with E-state index >= 15 is 0 Å². The van der Waals surface area contributed by atoms with Gasteiger partial charge >= 0.3 is 11.9 Å². The highest BCUT2D eigenvalue weighted by atomic mass is 35.5. The zero-order chi connectivity index (χ0) is 22.9. The van der Waals surface area contributed by atoms with Crippen molar-refractivity contribution < 1.29 is 28.6 Å². The first-order chi connectivity index (χ1) is 14.6. The number of aromatic nitrogens is 2. The van der Waals surface area contributed by atoms with Crippen LogP contribution in [0.5, 0.6) is 0 Å². The van der Waals surface area contributed by atoms with Gasteiger partial charge < -0.3 is 25.0 Å². The van der Waals surface area contributed by atoms with E-state index in [0.29, 0.717) is 12.1 Å². The lowest BCUT2D eigenvalue weighted by Gasteiger charge is -2.34. The first-order valence-corrected chi connectivity index (χ1v) is 10.9. The number of anilines is 1. The van der Waals surface area contributed by atoms with E-state index in [1.807, 2.05) is 0 Å². The Morgan fingerprint density at radius 2 is 2.13 bits per heavy atom. The van der Waals surface area contributed by atoms with Crippen molar-refractivity contribution in [2.75, 3.05) is 24.6 Å². The molecule has 3 rings (SSSR count). The highest BCUT2D eigenvalue weighted by Crippen LogP contribution is 2.31. The van der Waals surface area contributed by atoms with Crippen LogP contribution in [0.25, 0.3) is 0 Å². The molecule has 2 aromatic rings. The van der Waals surface area contributed by atoms with Gasteiger partial charge in [-0.2, -0.15) is 0 Å². The molecule has 31 heavy (non-hydrogen) atoms. The first kappa shape index (κ1) is 23.3. The molecule has 0 spiro atoms. The van der Waals surface area contributed by atoms with Crippen molar-refractivity contribution in [3.8, 4) is 0 Å². The average Bonchev–Trinajstić information content (AvgIpc) is 3.27. The Kier molecular flexibility index (Phi) is 7.07. The quantitative estimate of drug-likeness (QED) is 0.528. The molecule has 2 aromatic heterocycles. The summed E-state index contributed by atoms with van der Waals surface area (Å²) in [7, 11) is 0. The molecule has 3 N–H and O–H groups in total. The number of H-pyrrole nitrogens is 1. The molecule has 2 atom stereocenters. The molecule has 9 nitrogen and oxygen atoms in total. The van der Waals surface area contributed by atoms with Crippen molar-refractivity contribution in [2.45, 2.75) is 32.5 Å². The summed E-state index contributed by atoms with van der Waals surface area (Å²) in [6.45, 7) is 3.48. The van der Waals surface area contributed by atoms with Crippen molar-refractivity contribution >= 4 is 57.5 Å². The Labute approximate surface area is 190 Å². The monoisotopic (exact) mass is 492 g/mol. The highest BCUT2D eigenvalue weighted by Gasteiger charge is 2.34. The van der Waals surface area contributed by atoms with Crippen LogP contribution in [0, 0.1) is 6.92 Å². The number of carboxylic acids is 1. The molecule has 0 aromatic carbocycles. The Hall–Kier alpha value is -2.37. The molecule has 13 heteroatoms. The minimum Gasteiger partial charge on any atom is -0.476 e. The van der Waals surface area contributed by atoms with Gasteiger partial charge in [-0.15, -0.1) is 0 Å². The molecule has 3 heterocycles. The van der Waals surface area contributed by atoms with Crippen molar-refractivity contribution in [1.29, 1.82) is 0 Å². The van der Waals surface area contributed by atoms with Gasteiger partial charge in [0.05, 0.1) is 24.2 Å². The Morgan fingerprint density at radius 1 is 1.42 bits per heavy atom. The number of piperidine rings is 1. The third-order valence-corrected chi connectivity index (χ3v) is 6.69. The number of carbonyl (C=O) groups excluding carboxylic acids is 2. The van der Waals surface area contributed by atoms with Crippen LogP contribution in [0.2, 0.25) is 10.2 Å². The van der Waals surface area contributed by atoms with Gasteiger partial charge in [0.15, 0.2) is 10.8 Å². The van der Waals surface area contributed by atoms with Gasteiger partial charge in [-0.3, -0.25) is 4.79 Å². The van der Waals surface area contributed by atoms with Gasteiger partial charge in [0.2, 0.25) is 0 Å². The fraction of sp³-hybridized carbons (Fsp3) is 0.444. The van der Waals surface area contributed by atoms with Crippen LogP contribution in [0.4, 0.5) is 9.52 Å². The topological polar surface area (TPSA) is 125 Å². The number of carboxylic acid groups (broad SMARTS) is 1. The van der Waals surface area contributed by atoms with Crippen molar-refractivity contribution in [3.63, 3.8) is 0 Å². The van der Waals surface area contributed by atoms with Gasteiger partial charge in [-0.1, -0.05) is 34.5 Å². The maximum atomic E-state index is 14.8. The van der Waals surface area contributed by atoms with E-state index < -0.39 is 35.8 Å². The number of nitrogens with zero attached hydrogens (tertiary/aromatic N) is 2. The van der Waals surface area contributed by atoms with Gasteiger partial charge in [-0.05, 0) is 20.3 Å². The van der Waals surface area contributed by atoms with E-state index in [2.05, 4.69) is 15.3 Å². The van der Waals surface area contributed by atoms with Crippen molar-refractivity contribution in [1.82, 2.24) is 15.3 Å². The number of ether oxygens (including phenoxy) is 1. The number of alkyl halides is 1. The number of thiazole rings is 1. The summed E-state index contributed by atoms with van der Waals surface area (Å²) in [5.41, 5.74) is 0.150. The third kappa shape index (κ3) is 4.78. The molecule has 0 unspecified atom stereocenters. The van der Waals surface area contributed by atoms with Gasteiger partial charge in [0.25, 0.3) is 5.91 Å². The van der Waals surface area contributed by atoms with Gasteiger partial charge in [0.1, 0.15) is 21.9 Å². The summed E-state index contributed by atoms with van der Waals surface area (Å²) in [6.07, 6.45) is -1.24. The fourth-order valence-corrected chi connectivity index (χ4v) is 4.56. The second-order valence-corrected chi connectivity index (χ2v) is 8.52. The minimum absolute atomic E-state index is 0.0592. The smallest absolute Gasteiger partial charge is 0.356 e. The Bertz CT molecular complexity index is 1030. The van der Waals surface area contributed by atoms with Gasteiger partial charge in [0, 0.05) is 12.1 Å². The highest BCUT2D eigenvalue weighted by molar-refractivity contribution is 7.17. The maximum Gasteiger partial charge on any atom is 0.356 e. The predicted octanol–water partition coefficient (Wildman–Crippen LogP) is 3.31. The Balaban J connectivity index is 1.70. The van der Waals surface area contributed by atoms with Crippen molar-refractivity contribution in [3.05, 3.63) is 32.0 Å². The van der Waals surface area contributed by atoms with Crippen LogP contribution in [0.15, 0.2) is 0 Å². The van der Waals surface area contributed by atoms with Crippen LogP contribution < -0.4 is 10.2 Å². The molecular weight excluding hydrogens is 474 g/mol. The van der Waals surface area contributed by atoms with Crippen LogP contribution in [-0.4, -0.2) is 64.8 Å². The maximum absolute atomic E-state index is 14.8. The lowest BCUT2D eigenvalue weighted by atomic mass is 10.0. The summed E-state index contributed by atoms with van der Waals surface area (Å²) in [5.74, 6) is -2.74. The molecule has 1 amide bonds. The van der Waals surface area contributed by atoms with E-state index in [-0.39, 0.29) is 45.5 Å². The summed E-state index contributed by atoms with van der Waals surface area (Å²) in [4.78, 5) is 43.9. The number of halogens is 3. The van der Waals surface area contributed by atoms with E-state index in [4.69, 9.17) is 27.9 Å². The SMILES string of the molecule is CCOC(=O)c1sc(N2CC[C@@H](NC(=O)c3[nH]c(Cl)c(C)c3Cl)[C@@H](F)C2)nc1C(=O)O. The normalized spacial score (nSPS) is 18.7. The van der Waals surface area contributed by atoms with Crippen LogP contribution in [-0.2, 0) is 4.74 Å². The average molecular weight is 493 g/mol. The third-order valence-electron chi connectivity index (χ3n) is 4.75. The fourth-order valence-electron chi connectivity index (χ4n) is 3.10. The molecule has 1 aliphatic rings. The molecule has 0 aliphatic carbocycles. The van der Waals surface area contributed by atoms with Crippen LogP contribution in [0.1, 0.15) is 49.6 Å². The molecule has 168 valence electrons. The molecule has 1 aliphatic heterocycles. The molecule has 1 fully saturated rings. The number of rotatable bonds is 6. The standard InChI is InChI=1S/C18H19Cl2FN4O5S/c1-3-30-17(29)13-12(16(27)28)24-18(31-13)25-5-4-9(8(21)6-25)22-15(26)11-10(19)7(2)14(20)23-11/h8-9,23H,3-6H2,1-2H3,(H,22,26)(H,27,28)/t8-,9+/m0/s1. The van der Waals surface area contributed by atoms with E-state index in [1.54, 1.807) is 13.8 Å². The zero-order valence-corrected chi connectivity index (χ0v) is 18.8. The van der Waals surface area contributed by atoms with Crippen LogP contribution in [0.3, 0.4) is 0 Å². The number of esters is 1. The summed E-state index contributed by atoms with van der Waals surface area (Å²) >= 11 is 12.9. The largest absolute Gasteiger partial charge is 0.476 e. The molecule has 0 radical (unpaired) electrons. The number of aromatic amines is 1. The summed E-state index contributed by atoms with van der Waals surface area (Å²) < 4.78 is 19.7. The number of carbonyl (C=O) groups is 3. The lowest BCUT2D eigenvalue weighted by Crippen LogP contribution is -2.52. The van der Waals surface area contributed by atoms with E-state index in [1.165, 1.54) is 4.90 Å². The summed E-state index contributed by atoms with van der Waals surface area (Å²) in [5, 5.41) is 12.5. The van der Waals surface area contributed by atoms with Crippen LogP contribution >= 0.6 is 34.5 Å². The minimum atomic E-state index is -1.47. The van der Waals surface area contributed by atoms with Crippen molar-refractivity contribution in [2.24, 2.45) is 0 Å². The molecule has 0 saturated carbocycles. The number of aromatic carboxylic acids is 1. The Morgan fingerprint density at radius 3 is 2.68 bits per heavy atom. The number of amides is 1. The zero-order valence-electron chi connectivity index (χ0n) is 16.5. The van der Waals surface area contributed by atoms with Gasteiger partial charge in [-0.25, -0.2) is 19.0 Å². The molecular formula is C18H19Cl2FN4O5S.